The lowest BCUT2D eigenvalue weighted by Gasteiger charge is -2.19. The first-order chi connectivity index (χ1) is 14.1. The van der Waals surface area contributed by atoms with Crippen LogP contribution in [0, 0.1) is 0 Å². The molecule has 9 nitrogen and oxygen atoms in total. The summed E-state index contributed by atoms with van der Waals surface area (Å²) in [7, 11) is 3.18. The summed E-state index contributed by atoms with van der Waals surface area (Å²) >= 11 is 0. The Balaban J connectivity index is 1.72. The van der Waals surface area contributed by atoms with Crippen molar-refractivity contribution in [3.63, 3.8) is 0 Å². The minimum atomic E-state index is -0.170. The van der Waals surface area contributed by atoms with Crippen molar-refractivity contribution in [1.29, 1.82) is 0 Å². The van der Waals surface area contributed by atoms with Crippen LogP contribution in [-0.4, -0.2) is 53.0 Å². The number of rotatable bonds is 9. The zero-order chi connectivity index (χ0) is 20.8. The van der Waals surface area contributed by atoms with Gasteiger partial charge in [-0.15, -0.1) is 0 Å². The molecule has 29 heavy (non-hydrogen) atoms. The van der Waals surface area contributed by atoms with Crippen LogP contribution in [0.5, 0.6) is 11.5 Å². The Morgan fingerprint density at radius 3 is 2.66 bits per heavy atom. The van der Waals surface area contributed by atoms with Crippen molar-refractivity contribution in [3.05, 3.63) is 36.3 Å². The molecule has 0 aliphatic heterocycles. The summed E-state index contributed by atoms with van der Waals surface area (Å²) in [6.45, 7) is 6.21. The number of aromatic nitrogens is 4. The van der Waals surface area contributed by atoms with Crippen LogP contribution in [0.25, 0.3) is 11.0 Å². The average Bonchev–Trinajstić information content (AvgIpc) is 3.16. The Kier molecular flexibility index (Phi) is 6.48. The summed E-state index contributed by atoms with van der Waals surface area (Å²) < 4.78 is 12.2. The van der Waals surface area contributed by atoms with E-state index in [1.54, 1.807) is 31.2 Å². The van der Waals surface area contributed by atoms with Gasteiger partial charge in [0.1, 0.15) is 30.2 Å². The molecule has 2 aromatic heterocycles. The molecule has 0 atom stereocenters. The molecule has 0 unspecified atom stereocenters. The van der Waals surface area contributed by atoms with Crippen LogP contribution in [0.3, 0.4) is 0 Å². The highest BCUT2D eigenvalue weighted by molar-refractivity contribution is 5.87. The summed E-state index contributed by atoms with van der Waals surface area (Å²) in [6.07, 6.45) is 3.22. The van der Waals surface area contributed by atoms with Crippen LogP contribution in [0.2, 0.25) is 0 Å². The number of ether oxygens (including phenoxy) is 2. The largest absolute Gasteiger partial charge is 0.497 e. The molecule has 154 valence electrons. The number of amides is 1. The van der Waals surface area contributed by atoms with E-state index in [1.807, 2.05) is 12.1 Å². The van der Waals surface area contributed by atoms with Gasteiger partial charge >= 0.3 is 0 Å². The molecule has 0 radical (unpaired) electrons. The van der Waals surface area contributed by atoms with Crippen molar-refractivity contribution in [2.75, 3.05) is 32.2 Å². The van der Waals surface area contributed by atoms with Crippen LogP contribution < -0.4 is 19.7 Å². The summed E-state index contributed by atoms with van der Waals surface area (Å²) in [5, 5.41) is 8.08. The first-order valence-corrected chi connectivity index (χ1v) is 9.50. The normalized spacial score (nSPS) is 10.8. The Bertz CT molecular complexity index is 984. The first-order valence-electron chi connectivity index (χ1n) is 9.50. The highest BCUT2D eigenvalue weighted by Crippen LogP contribution is 2.24. The quantitative estimate of drug-likeness (QED) is 0.589. The smallest absolute Gasteiger partial charge is 0.242 e. The van der Waals surface area contributed by atoms with Crippen LogP contribution in [-0.2, 0) is 17.9 Å². The highest BCUT2D eigenvalue weighted by atomic mass is 16.5. The third kappa shape index (κ3) is 4.39. The van der Waals surface area contributed by atoms with Gasteiger partial charge in [0.25, 0.3) is 0 Å². The Labute approximate surface area is 169 Å². The van der Waals surface area contributed by atoms with Gasteiger partial charge in [-0.25, -0.2) is 14.6 Å². The summed E-state index contributed by atoms with van der Waals surface area (Å²) in [5.41, 5.74) is 1.50. The maximum absolute atomic E-state index is 12.5. The van der Waals surface area contributed by atoms with Crippen LogP contribution in [0.1, 0.15) is 19.4 Å². The lowest BCUT2D eigenvalue weighted by atomic mass is 10.2. The fraction of sp³-hybridized carbons (Fsp3) is 0.400. The molecule has 0 fully saturated rings. The van der Waals surface area contributed by atoms with E-state index in [2.05, 4.69) is 39.1 Å². The molecule has 2 heterocycles. The van der Waals surface area contributed by atoms with E-state index in [0.717, 1.165) is 29.9 Å². The predicted octanol–water partition coefficient (Wildman–Crippen LogP) is 2.01. The van der Waals surface area contributed by atoms with Crippen LogP contribution in [0.4, 0.5) is 5.82 Å². The number of nitrogens with zero attached hydrogens (tertiary/aromatic N) is 5. The zero-order valence-corrected chi connectivity index (χ0v) is 17.2. The van der Waals surface area contributed by atoms with E-state index >= 15 is 0 Å². The Morgan fingerprint density at radius 1 is 1.17 bits per heavy atom. The molecule has 9 heteroatoms. The second-order valence-corrected chi connectivity index (χ2v) is 6.36. The molecule has 3 rings (SSSR count). The van der Waals surface area contributed by atoms with E-state index in [-0.39, 0.29) is 12.5 Å². The van der Waals surface area contributed by atoms with Crippen molar-refractivity contribution < 1.29 is 14.3 Å². The van der Waals surface area contributed by atoms with Crippen LogP contribution in [0.15, 0.2) is 30.7 Å². The summed E-state index contributed by atoms with van der Waals surface area (Å²) in [4.78, 5) is 23.3. The first kappa shape index (κ1) is 20.4. The van der Waals surface area contributed by atoms with Crippen molar-refractivity contribution in [2.45, 2.75) is 26.9 Å². The molecule has 0 spiro atoms. The summed E-state index contributed by atoms with van der Waals surface area (Å²) in [6, 6.07) is 5.48. The van der Waals surface area contributed by atoms with Crippen molar-refractivity contribution in [1.82, 2.24) is 25.1 Å². The van der Waals surface area contributed by atoms with Gasteiger partial charge in [-0.05, 0) is 26.0 Å². The van der Waals surface area contributed by atoms with E-state index < -0.39 is 0 Å². The zero-order valence-electron chi connectivity index (χ0n) is 17.2. The molecule has 0 saturated heterocycles. The lowest BCUT2D eigenvalue weighted by molar-refractivity contribution is -0.121. The van der Waals surface area contributed by atoms with E-state index in [4.69, 9.17) is 9.47 Å². The maximum Gasteiger partial charge on any atom is 0.242 e. The summed E-state index contributed by atoms with van der Waals surface area (Å²) in [5.74, 6) is 2.01. The standard InChI is InChI=1S/C20H26N6O3/c1-5-25(6-2)19-16-11-24-26(20(16)23-13-22-19)12-18(27)21-10-14-7-8-15(28-3)9-17(14)29-4/h7-9,11,13H,5-6,10,12H2,1-4H3,(H,21,27). The minimum Gasteiger partial charge on any atom is -0.497 e. The number of anilines is 1. The molecular weight excluding hydrogens is 372 g/mol. The average molecular weight is 398 g/mol. The molecule has 0 aliphatic carbocycles. The SMILES string of the molecule is CCN(CC)c1ncnc2c1cnn2CC(=O)NCc1ccc(OC)cc1OC. The van der Waals surface area contributed by atoms with Gasteiger partial charge in [-0.3, -0.25) is 4.79 Å². The molecule has 3 aromatic rings. The number of benzene rings is 1. The third-order valence-corrected chi connectivity index (χ3v) is 4.74. The van der Waals surface area contributed by atoms with Crippen molar-refractivity contribution in [2.24, 2.45) is 0 Å². The molecule has 0 saturated carbocycles. The molecule has 1 N–H and O–H groups in total. The van der Waals surface area contributed by atoms with Crippen molar-refractivity contribution in [3.8, 4) is 11.5 Å². The number of carbonyl (C=O) groups is 1. The van der Waals surface area contributed by atoms with E-state index in [0.29, 0.717) is 23.7 Å². The maximum atomic E-state index is 12.5. The lowest BCUT2D eigenvalue weighted by Crippen LogP contribution is -2.28. The third-order valence-electron chi connectivity index (χ3n) is 4.74. The highest BCUT2D eigenvalue weighted by Gasteiger charge is 2.15. The second-order valence-electron chi connectivity index (χ2n) is 6.36. The molecule has 1 amide bonds. The van der Waals surface area contributed by atoms with Gasteiger partial charge in [0.05, 0.1) is 25.8 Å². The van der Waals surface area contributed by atoms with Gasteiger partial charge in [0.2, 0.25) is 5.91 Å². The monoisotopic (exact) mass is 398 g/mol. The fourth-order valence-corrected chi connectivity index (χ4v) is 3.16. The number of hydrogen-bond acceptors (Lipinski definition) is 7. The fourth-order valence-electron chi connectivity index (χ4n) is 3.16. The van der Waals surface area contributed by atoms with Gasteiger partial charge in [0, 0.05) is 31.3 Å². The number of fused-ring (bicyclic) bond motifs is 1. The van der Waals surface area contributed by atoms with Gasteiger partial charge in [-0.2, -0.15) is 5.10 Å². The second kappa shape index (κ2) is 9.22. The van der Waals surface area contributed by atoms with Gasteiger partial charge < -0.3 is 19.7 Å². The van der Waals surface area contributed by atoms with Gasteiger partial charge in [0.15, 0.2) is 5.65 Å². The minimum absolute atomic E-state index is 0.0661. The van der Waals surface area contributed by atoms with Gasteiger partial charge in [-0.1, -0.05) is 0 Å². The number of carbonyl (C=O) groups excluding carboxylic acids is 1. The Morgan fingerprint density at radius 2 is 1.97 bits per heavy atom. The van der Waals surface area contributed by atoms with E-state index in [1.165, 1.54) is 6.33 Å². The van der Waals surface area contributed by atoms with E-state index in [9.17, 15) is 4.79 Å². The molecule has 1 aromatic carbocycles. The van der Waals surface area contributed by atoms with Crippen LogP contribution >= 0.6 is 0 Å². The topological polar surface area (TPSA) is 94.4 Å². The molecule has 0 bridgehead atoms. The number of nitrogens with one attached hydrogen (secondary N) is 1. The Hall–Kier alpha value is -3.36. The number of hydrogen-bond donors (Lipinski definition) is 1. The predicted molar refractivity (Wildman–Crippen MR) is 110 cm³/mol. The molecule has 0 aliphatic rings. The van der Waals surface area contributed by atoms with Crippen molar-refractivity contribution >= 4 is 22.8 Å². The molecular formula is C20H26N6O3. The number of methoxy groups -OCH3 is 2.